The van der Waals surface area contributed by atoms with Gasteiger partial charge >= 0.3 is 0 Å². The van der Waals surface area contributed by atoms with Crippen molar-refractivity contribution in [2.75, 3.05) is 18.0 Å². The quantitative estimate of drug-likeness (QED) is 0.498. The number of rotatable bonds is 4. The monoisotopic (exact) mass is 438 g/mol. The maximum absolute atomic E-state index is 13.9. The fourth-order valence-electron chi connectivity index (χ4n) is 4.64. The number of aryl methyl sites for hydroxylation is 1. The number of nitrogens with zero attached hydrogens (tertiary/aromatic N) is 2. The molecule has 2 aromatic carbocycles. The number of amides is 1. The molecular formula is C27H26N4O2. The predicted molar refractivity (Wildman–Crippen MR) is 132 cm³/mol. The van der Waals surface area contributed by atoms with Gasteiger partial charge in [-0.3, -0.25) is 14.5 Å². The fourth-order valence-corrected chi connectivity index (χ4v) is 4.64. The van der Waals surface area contributed by atoms with Crippen LogP contribution in [-0.2, 0) is 0 Å². The van der Waals surface area contributed by atoms with Crippen LogP contribution in [0.1, 0.15) is 28.8 Å². The zero-order valence-electron chi connectivity index (χ0n) is 18.5. The van der Waals surface area contributed by atoms with E-state index >= 15 is 0 Å². The lowest BCUT2D eigenvalue weighted by Crippen LogP contribution is -2.49. The first-order valence-corrected chi connectivity index (χ1v) is 11.3. The number of benzene rings is 2. The van der Waals surface area contributed by atoms with E-state index in [1.807, 2.05) is 29.2 Å². The van der Waals surface area contributed by atoms with E-state index in [1.165, 1.54) is 0 Å². The third kappa shape index (κ3) is 4.05. The van der Waals surface area contributed by atoms with Gasteiger partial charge in [0.2, 0.25) is 0 Å². The summed E-state index contributed by atoms with van der Waals surface area (Å²) >= 11 is 0. The molecule has 1 amide bonds. The molecule has 0 bridgehead atoms. The van der Waals surface area contributed by atoms with E-state index in [0.717, 1.165) is 47.8 Å². The van der Waals surface area contributed by atoms with Crippen molar-refractivity contribution in [2.24, 2.45) is 0 Å². The van der Waals surface area contributed by atoms with Crippen molar-refractivity contribution in [3.63, 3.8) is 0 Å². The number of nitrogens with one attached hydrogen (secondary N) is 2. The van der Waals surface area contributed by atoms with Gasteiger partial charge in [-0.2, -0.15) is 0 Å². The second-order valence-corrected chi connectivity index (χ2v) is 8.47. The van der Waals surface area contributed by atoms with Gasteiger partial charge in [-0.1, -0.05) is 30.3 Å². The number of hydrogen-bond acceptors (Lipinski definition) is 4. The topological polar surface area (TPSA) is 78.1 Å². The van der Waals surface area contributed by atoms with Crippen LogP contribution >= 0.6 is 0 Å². The van der Waals surface area contributed by atoms with Gasteiger partial charge in [0, 0.05) is 35.5 Å². The maximum atomic E-state index is 13.9. The molecule has 5 rings (SSSR count). The molecule has 166 valence electrons. The van der Waals surface area contributed by atoms with Crippen molar-refractivity contribution in [3.8, 4) is 11.1 Å². The van der Waals surface area contributed by atoms with E-state index in [0.29, 0.717) is 16.9 Å². The summed E-state index contributed by atoms with van der Waals surface area (Å²) < 4.78 is 0. The third-order valence-corrected chi connectivity index (χ3v) is 6.32. The third-order valence-electron chi connectivity index (χ3n) is 6.32. The second-order valence-electron chi connectivity index (χ2n) is 8.47. The molecule has 1 fully saturated rings. The molecule has 33 heavy (non-hydrogen) atoms. The Morgan fingerprint density at radius 1 is 1.06 bits per heavy atom. The Labute approximate surface area is 192 Å². The Hall–Kier alpha value is -3.77. The van der Waals surface area contributed by atoms with Crippen LogP contribution in [0.15, 0.2) is 77.9 Å². The van der Waals surface area contributed by atoms with Crippen LogP contribution in [0.4, 0.5) is 5.82 Å². The van der Waals surface area contributed by atoms with E-state index < -0.39 is 0 Å². The van der Waals surface area contributed by atoms with Crippen molar-refractivity contribution in [1.29, 1.82) is 0 Å². The Balaban J connectivity index is 1.58. The Bertz CT molecular complexity index is 1350. The average Bonchev–Trinajstić information content (AvgIpc) is 2.85. The highest BCUT2D eigenvalue weighted by atomic mass is 16.2. The van der Waals surface area contributed by atoms with Crippen molar-refractivity contribution in [2.45, 2.75) is 25.8 Å². The number of pyridine rings is 2. The van der Waals surface area contributed by atoms with Crippen LogP contribution in [0.2, 0.25) is 0 Å². The van der Waals surface area contributed by atoms with Gasteiger partial charge in [-0.25, -0.2) is 4.98 Å². The van der Waals surface area contributed by atoms with E-state index in [9.17, 15) is 9.59 Å². The first-order chi connectivity index (χ1) is 16.1. The van der Waals surface area contributed by atoms with Gasteiger partial charge in [0.05, 0.1) is 6.04 Å². The maximum Gasteiger partial charge on any atom is 0.259 e. The zero-order chi connectivity index (χ0) is 22.8. The minimum Gasteiger partial charge on any atom is -0.329 e. The number of carbonyl (C=O) groups is 1. The number of carbonyl (C=O) groups excluding carboxylic acids is 1. The largest absolute Gasteiger partial charge is 0.329 e. The van der Waals surface area contributed by atoms with Crippen LogP contribution < -0.4 is 15.8 Å². The lowest BCUT2D eigenvalue weighted by molar-refractivity contribution is 0.0972. The normalized spacial score (nSPS) is 16.0. The van der Waals surface area contributed by atoms with E-state index in [2.05, 4.69) is 29.4 Å². The number of fused-ring (bicyclic) bond motifs is 1. The smallest absolute Gasteiger partial charge is 0.259 e. The van der Waals surface area contributed by atoms with Crippen LogP contribution in [0, 0.1) is 6.92 Å². The molecule has 4 aromatic rings. The van der Waals surface area contributed by atoms with Gasteiger partial charge < -0.3 is 10.3 Å². The first-order valence-electron chi connectivity index (χ1n) is 11.3. The molecule has 0 spiro atoms. The number of hydrogen-bond donors (Lipinski definition) is 2. The van der Waals surface area contributed by atoms with Crippen LogP contribution in [0.3, 0.4) is 0 Å². The van der Waals surface area contributed by atoms with E-state index in [-0.39, 0.29) is 17.5 Å². The van der Waals surface area contributed by atoms with Gasteiger partial charge in [-0.05, 0) is 73.2 Å². The van der Waals surface area contributed by atoms with Crippen LogP contribution in [0.5, 0.6) is 0 Å². The SMILES string of the molecule is Cc1cccc2ccnc(N(C(=O)c3ccc(-c4ccc[nH]c4=O)cc3)[C@@H]3CCCNC3)c12. The van der Waals surface area contributed by atoms with Crippen molar-refractivity contribution < 1.29 is 4.79 Å². The lowest BCUT2D eigenvalue weighted by Gasteiger charge is -2.35. The molecule has 6 heteroatoms. The molecular weight excluding hydrogens is 412 g/mol. The number of piperidine rings is 1. The molecule has 2 aromatic heterocycles. The second kappa shape index (κ2) is 9.00. The summed E-state index contributed by atoms with van der Waals surface area (Å²) in [7, 11) is 0. The molecule has 1 saturated heterocycles. The molecule has 0 aliphatic carbocycles. The van der Waals surface area contributed by atoms with Crippen LogP contribution in [-0.4, -0.2) is 35.0 Å². The molecule has 0 unspecified atom stereocenters. The molecule has 1 aliphatic rings. The molecule has 0 radical (unpaired) electrons. The fraction of sp³-hybridized carbons (Fsp3) is 0.222. The summed E-state index contributed by atoms with van der Waals surface area (Å²) in [4.78, 5) is 35.3. The molecule has 1 aliphatic heterocycles. The summed E-state index contributed by atoms with van der Waals surface area (Å²) in [5.41, 5.74) is 2.87. The number of anilines is 1. The summed E-state index contributed by atoms with van der Waals surface area (Å²) in [6, 6.07) is 19.0. The number of H-pyrrole nitrogens is 1. The summed E-state index contributed by atoms with van der Waals surface area (Å²) in [6.07, 6.45) is 5.31. The molecule has 0 saturated carbocycles. The zero-order valence-corrected chi connectivity index (χ0v) is 18.5. The molecule has 2 N–H and O–H groups in total. The predicted octanol–water partition coefficient (Wildman–Crippen LogP) is 4.30. The highest BCUT2D eigenvalue weighted by Gasteiger charge is 2.30. The summed E-state index contributed by atoms with van der Waals surface area (Å²) in [5, 5.41) is 5.51. The van der Waals surface area contributed by atoms with Gasteiger partial charge in [0.15, 0.2) is 0 Å². The minimum absolute atomic E-state index is 0.0144. The molecule has 6 nitrogen and oxygen atoms in total. The van der Waals surface area contributed by atoms with Gasteiger partial charge in [0.1, 0.15) is 5.82 Å². The summed E-state index contributed by atoms with van der Waals surface area (Å²) in [5.74, 6) is 0.619. The first kappa shape index (κ1) is 21.1. The summed E-state index contributed by atoms with van der Waals surface area (Å²) in [6.45, 7) is 3.75. The minimum atomic E-state index is -0.151. The lowest BCUT2D eigenvalue weighted by atomic mass is 10.0. The van der Waals surface area contributed by atoms with Gasteiger partial charge in [0.25, 0.3) is 11.5 Å². The van der Waals surface area contributed by atoms with Crippen molar-refractivity contribution in [3.05, 3.63) is 94.5 Å². The highest BCUT2D eigenvalue weighted by molar-refractivity contribution is 6.11. The Morgan fingerprint density at radius 3 is 2.67 bits per heavy atom. The standard InChI is InChI=1S/C27H26N4O2/c1-18-5-2-6-20-13-16-29-25(24(18)20)31(22-7-3-14-28-17-22)27(33)21-11-9-19(10-12-21)23-8-4-15-30-26(23)32/h2,4-6,8-13,15-16,22,28H,3,7,14,17H2,1H3,(H,30,32)/t22-/m1/s1. The Morgan fingerprint density at radius 2 is 1.91 bits per heavy atom. The highest BCUT2D eigenvalue weighted by Crippen LogP contribution is 2.31. The van der Waals surface area contributed by atoms with Crippen molar-refractivity contribution >= 4 is 22.5 Å². The Kier molecular flexibility index (Phi) is 5.75. The van der Waals surface area contributed by atoms with E-state index in [4.69, 9.17) is 4.98 Å². The van der Waals surface area contributed by atoms with E-state index in [1.54, 1.807) is 36.7 Å². The molecule has 3 heterocycles. The number of aromatic nitrogens is 2. The van der Waals surface area contributed by atoms with Crippen molar-refractivity contribution in [1.82, 2.24) is 15.3 Å². The number of aromatic amines is 1. The van der Waals surface area contributed by atoms with Crippen LogP contribution in [0.25, 0.3) is 21.9 Å². The van der Waals surface area contributed by atoms with Gasteiger partial charge in [-0.15, -0.1) is 0 Å². The average molecular weight is 439 g/mol. The molecule has 1 atom stereocenters.